The third-order valence-electron chi connectivity index (χ3n) is 2.64. The maximum Gasteiger partial charge on any atom is 0.139 e. The van der Waals surface area contributed by atoms with Crippen LogP contribution in [0.4, 0.5) is 4.39 Å². The molecule has 0 radical (unpaired) electrons. The van der Waals surface area contributed by atoms with Gasteiger partial charge >= 0.3 is 0 Å². The Labute approximate surface area is 96.9 Å². The predicted octanol–water partition coefficient (Wildman–Crippen LogP) is 2.31. The third-order valence-corrected chi connectivity index (χ3v) is 3.42. The van der Waals surface area contributed by atoms with E-state index in [-0.39, 0.29) is 0 Å². The average molecular weight is 274 g/mol. The van der Waals surface area contributed by atoms with Gasteiger partial charge in [0.05, 0.1) is 7.11 Å². The summed E-state index contributed by atoms with van der Waals surface area (Å²) < 4.78 is 19.9. The fraction of sp³-hybridized carbons (Fsp3) is 0.455. The van der Waals surface area contributed by atoms with Crippen LogP contribution in [0.25, 0.3) is 0 Å². The number of benzene rings is 1. The lowest BCUT2D eigenvalue weighted by molar-refractivity contribution is 0.0909. The Bertz CT molecular complexity index is 366. The normalized spacial score (nSPS) is 18.3. The van der Waals surface area contributed by atoms with Gasteiger partial charge in [0, 0.05) is 24.0 Å². The topological polar surface area (TPSA) is 21.3 Å². The highest BCUT2D eigenvalue weighted by Gasteiger charge is 2.37. The van der Waals surface area contributed by atoms with Crippen molar-refractivity contribution >= 4 is 15.9 Å². The first-order valence-corrected chi connectivity index (χ1v) is 5.64. The minimum Gasteiger partial charge on any atom is -0.497 e. The first-order valence-electron chi connectivity index (χ1n) is 4.85. The van der Waals surface area contributed by atoms with E-state index in [2.05, 4.69) is 21.2 Å². The van der Waals surface area contributed by atoms with Crippen LogP contribution in [0.1, 0.15) is 5.56 Å². The van der Waals surface area contributed by atoms with E-state index in [9.17, 15) is 4.39 Å². The average Bonchev–Trinajstić information content (AvgIpc) is 2.19. The first kappa shape index (κ1) is 10.9. The lowest BCUT2D eigenvalue weighted by atomic mass is 9.91. The molecular weight excluding hydrogens is 261 g/mol. The maximum absolute atomic E-state index is 13.9. The Morgan fingerprint density at radius 2 is 2.27 bits per heavy atom. The van der Waals surface area contributed by atoms with Crippen molar-refractivity contribution in [2.75, 3.05) is 20.2 Å². The SMILES string of the molecule is COc1ccc(Br)c(CC2(F)CNC2)c1. The van der Waals surface area contributed by atoms with Gasteiger partial charge in [0.15, 0.2) is 0 Å². The van der Waals surface area contributed by atoms with E-state index in [1.807, 2.05) is 18.2 Å². The zero-order valence-corrected chi connectivity index (χ0v) is 10.1. The molecule has 0 atom stereocenters. The quantitative estimate of drug-likeness (QED) is 0.913. The monoisotopic (exact) mass is 273 g/mol. The number of ether oxygens (including phenoxy) is 1. The van der Waals surface area contributed by atoms with E-state index in [1.165, 1.54) is 0 Å². The molecule has 0 aliphatic carbocycles. The van der Waals surface area contributed by atoms with Crippen LogP contribution < -0.4 is 10.1 Å². The Morgan fingerprint density at radius 3 is 2.80 bits per heavy atom. The molecule has 0 amide bonds. The number of halogens is 2. The molecule has 1 N–H and O–H groups in total. The first-order chi connectivity index (χ1) is 7.13. The van der Waals surface area contributed by atoms with Crippen molar-refractivity contribution in [1.82, 2.24) is 5.32 Å². The molecule has 1 aliphatic heterocycles. The summed E-state index contributed by atoms with van der Waals surface area (Å²) in [6.07, 6.45) is 0.428. The van der Waals surface area contributed by atoms with Gasteiger partial charge in [0.1, 0.15) is 11.4 Å². The number of methoxy groups -OCH3 is 1. The van der Waals surface area contributed by atoms with E-state index in [0.29, 0.717) is 19.5 Å². The molecule has 2 rings (SSSR count). The highest BCUT2D eigenvalue weighted by Crippen LogP contribution is 2.29. The van der Waals surface area contributed by atoms with Crippen LogP contribution in [0.3, 0.4) is 0 Å². The Hall–Kier alpha value is -0.610. The van der Waals surface area contributed by atoms with Crippen molar-refractivity contribution < 1.29 is 9.13 Å². The van der Waals surface area contributed by atoms with Gasteiger partial charge < -0.3 is 10.1 Å². The molecule has 1 heterocycles. The molecule has 4 heteroatoms. The molecule has 1 saturated heterocycles. The molecule has 1 aliphatic rings. The second kappa shape index (κ2) is 4.10. The Balaban J connectivity index is 2.19. The standard InChI is InChI=1S/C11H13BrFNO/c1-15-9-2-3-10(12)8(4-9)5-11(13)6-14-7-11/h2-4,14H,5-7H2,1H3. The molecule has 0 saturated carbocycles. The minimum atomic E-state index is -1.09. The summed E-state index contributed by atoms with van der Waals surface area (Å²) in [4.78, 5) is 0. The van der Waals surface area contributed by atoms with E-state index in [1.54, 1.807) is 7.11 Å². The Kier molecular flexibility index (Phi) is 2.98. The van der Waals surface area contributed by atoms with Gasteiger partial charge in [-0.25, -0.2) is 4.39 Å². The van der Waals surface area contributed by atoms with Gasteiger partial charge in [0.2, 0.25) is 0 Å². The molecule has 1 aromatic rings. The van der Waals surface area contributed by atoms with Gasteiger partial charge in [-0.15, -0.1) is 0 Å². The van der Waals surface area contributed by atoms with Crippen LogP contribution in [-0.2, 0) is 6.42 Å². The molecule has 0 bridgehead atoms. The van der Waals surface area contributed by atoms with Crippen molar-refractivity contribution in [3.8, 4) is 5.75 Å². The van der Waals surface area contributed by atoms with Crippen LogP contribution in [0.5, 0.6) is 5.75 Å². The molecule has 0 aromatic heterocycles. The maximum atomic E-state index is 13.9. The summed E-state index contributed by atoms with van der Waals surface area (Å²) in [6.45, 7) is 0.882. The predicted molar refractivity (Wildman–Crippen MR) is 61.1 cm³/mol. The third kappa shape index (κ3) is 2.32. The van der Waals surface area contributed by atoms with Gasteiger partial charge in [-0.3, -0.25) is 0 Å². The van der Waals surface area contributed by atoms with Crippen molar-refractivity contribution in [2.24, 2.45) is 0 Å². The van der Waals surface area contributed by atoms with Crippen molar-refractivity contribution in [3.05, 3.63) is 28.2 Å². The lowest BCUT2D eigenvalue weighted by Crippen LogP contribution is -2.57. The zero-order chi connectivity index (χ0) is 10.9. The van der Waals surface area contributed by atoms with Gasteiger partial charge in [-0.05, 0) is 23.8 Å². The highest BCUT2D eigenvalue weighted by molar-refractivity contribution is 9.10. The highest BCUT2D eigenvalue weighted by atomic mass is 79.9. The molecule has 1 aromatic carbocycles. The van der Waals surface area contributed by atoms with Gasteiger partial charge in [-0.1, -0.05) is 15.9 Å². The fourth-order valence-corrected chi connectivity index (χ4v) is 2.06. The molecule has 0 spiro atoms. The summed E-state index contributed by atoms with van der Waals surface area (Å²) in [5, 5.41) is 2.95. The number of nitrogens with one attached hydrogen (secondary N) is 1. The van der Waals surface area contributed by atoms with E-state index in [0.717, 1.165) is 15.8 Å². The lowest BCUT2D eigenvalue weighted by Gasteiger charge is -2.35. The van der Waals surface area contributed by atoms with Crippen LogP contribution in [0, 0.1) is 0 Å². The number of hydrogen-bond acceptors (Lipinski definition) is 2. The van der Waals surface area contributed by atoms with E-state index in [4.69, 9.17) is 4.74 Å². The van der Waals surface area contributed by atoms with Crippen LogP contribution >= 0.6 is 15.9 Å². The Morgan fingerprint density at radius 1 is 1.53 bits per heavy atom. The van der Waals surface area contributed by atoms with E-state index < -0.39 is 5.67 Å². The van der Waals surface area contributed by atoms with Crippen LogP contribution in [0.15, 0.2) is 22.7 Å². The largest absolute Gasteiger partial charge is 0.497 e. The van der Waals surface area contributed by atoms with Gasteiger partial charge in [-0.2, -0.15) is 0 Å². The molecule has 82 valence electrons. The molecule has 0 unspecified atom stereocenters. The summed E-state index contributed by atoms with van der Waals surface area (Å²) in [5.41, 5.74) is -0.132. The van der Waals surface area contributed by atoms with E-state index >= 15 is 0 Å². The second-order valence-corrected chi connectivity index (χ2v) is 4.74. The molecule has 15 heavy (non-hydrogen) atoms. The molecule has 2 nitrogen and oxygen atoms in total. The fourth-order valence-electron chi connectivity index (χ4n) is 1.68. The molecule has 1 fully saturated rings. The van der Waals surface area contributed by atoms with Crippen LogP contribution in [-0.4, -0.2) is 25.9 Å². The van der Waals surface area contributed by atoms with Crippen molar-refractivity contribution in [3.63, 3.8) is 0 Å². The van der Waals surface area contributed by atoms with Gasteiger partial charge in [0.25, 0.3) is 0 Å². The summed E-state index contributed by atoms with van der Waals surface area (Å²) >= 11 is 3.42. The van der Waals surface area contributed by atoms with Crippen molar-refractivity contribution in [2.45, 2.75) is 12.1 Å². The van der Waals surface area contributed by atoms with Crippen molar-refractivity contribution in [1.29, 1.82) is 0 Å². The van der Waals surface area contributed by atoms with Crippen LogP contribution in [0.2, 0.25) is 0 Å². The minimum absolute atomic E-state index is 0.428. The summed E-state index contributed by atoms with van der Waals surface area (Å²) in [7, 11) is 1.61. The number of hydrogen-bond donors (Lipinski definition) is 1. The smallest absolute Gasteiger partial charge is 0.139 e. The summed E-state index contributed by atoms with van der Waals surface area (Å²) in [6, 6.07) is 5.63. The summed E-state index contributed by atoms with van der Waals surface area (Å²) in [5.74, 6) is 0.768. The number of alkyl halides is 1. The molecular formula is C11H13BrFNO. The number of rotatable bonds is 3. The second-order valence-electron chi connectivity index (χ2n) is 3.89. The zero-order valence-electron chi connectivity index (χ0n) is 8.52.